The fraction of sp³-hybridized carbons (Fsp3) is 0.662. The lowest BCUT2D eigenvalue weighted by molar-refractivity contribution is -0.163. The summed E-state index contributed by atoms with van der Waals surface area (Å²) in [5.74, 6) is -4.95. The van der Waals surface area contributed by atoms with Crippen molar-refractivity contribution >= 4 is 35.8 Å². The number of hydrogen-bond acceptors (Lipinski definition) is 18. The van der Waals surface area contributed by atoms with E-state index in [1.165, 1.54) is 19.3 Å². The summed E-state index contributed by atoms with van der Waals surface area (Å²) in [6, 6.07) is 14.7. The van der Waals surface area contributed by atoms with Crippen molar-refractivity contribution in [3.8, 4) is 11.5 Å². The molecule has 0 aliphatic carbocycles. The summed E-state index contributed by atoms with van der Waals surface area (Å²) >= 11 is 0. The number of aliphatic hydroxyl groups is 3. The number of carbonyl (C=O) groups excluding carboxylic acids is 6. The molecule has 1 saturated heterocycles. The van der Waals surface area contributed by atoms with Crippen LogP contribution >= 0.6 is 0 Å². The number of aliphatic hydroxyl groups excluding tert-OH is 3. The van der Waals surface area contributed by atoms with Crippen LogP contribution in [-0.4, -0.2) is 134 Å². The van der Waals surface area contributed by atoms with Gasteiger partial charge in [0.2, 0.25) is 0 Å². The van der Waals surface area contributed by atoms with Crippen molar-refractivity contribution in [3.05, 3.63) is 109 Å². The van der Waals surface area contributed by atoms with E-state index < -0.39 is 77.5 Å². The molecule has 1 aliphatic heterocycles. The van der Waals surface area contributed by atoms with E-state index in [1.54, 1.807) is 24.3 Å². The average Bonchev–Trinajstić information content (AvgIpc) is 1.85. The highest BCUT2D eigenvalue weighted by atomic mass is 16.6. The van der Waals surface area contributed by atoms with E-state index in [1.807, 2.05) is 55.5 Å². The predicted molar refractivity (Wildman–Crippen MR) is 369 cm³/mol. The molecule has 0 radical (unpaired) electrons. The maximum absolute atomic E-state index is 13.6. The minimum Gasteiger partial charge on any atom is -0.490 e. The zero-order valence-corrected chi connectivity index (χ0v) is 58.2. The second-order valence-electron chi connectivity index (χ2n) is 25.9. The summed E-state index contributed by atoms with van der Waals surface area (Å²) in [4.78, 5) is 78.5. The first kappa shape index (κ1) is 82.9. The molecule has 95 heavy (non-hydrogen) atoms. The molecule has 534 valence electrons. The van der Waals surface area contributed by atoms with Crippen LogP contribution < -0.4 is 9.47 Å². The molecule has 0 spiro atoms. The van der Waals surface area contributed by atoms with Gasteiger partial charge in [0.25, 0.3) is 0 Å². The van der Waals surface area contributed by atoms with Crippen LogP contribution in [0.2, 0.25) is 0 Å². The Balaban J connectivity index is 1.60. The van der Waals surface area contributed by atoms with Gasteiger partial charge in [-0.1, -0.05) is 205 Å². The van der Waals surface area contributed by atoms with Gasteiger partial charge in [0.05, 0.1) is 55.7 Å². The molecule has 0 saturated carbocycles. The van der Waals surface area contributed by atoms with E-state index in [4.69, 9.17) is 42.6 Å². The number of epoxide rings is 1. The Morgan fingerprint density at radius 2 is 0.884 bits per heavy atom. The van der Waals surface area contributed by atoms with Gasteiger partial charge in [-0.15, -0.1) is 0 Å². The van der Waals surface area contributed by atoms with Gasteiger partial charge in [0.15, 0.2) is 12.2 Å². The third-order valence-corrected chi connectivity index (χ3v) is 16.9. The second kappa shape index (κ2) is 51.0. The largest absolute Gasteiger partial charge is 0.490 e. The number of benzene rings is 2. The van der Waals surface area contributed by atoms with Gasteiger partial charge in [-0.3, -0.25) is 19.2 Å². The predicted octanol–water partition coefficient (Wildman–Crippen LogP) is 14.7. The standard InChI is InChI=1S/C77H118O18/c1-8-12-14-16-25-31-37-60(75(85)92-52-64(79)39-33-27-21-18-20-24-30-36-59(5)78)50-73(83)94-69(57-90-71(81)10-3)55-87-66-46-42-62(43-47-66)77(6,7)63-44-48-67(49-45-63)88-56-70(58-91-72(82)11-4)95-74(84)51-61(38-32-26-17-15-13-9-2)76(86)93-53-65(80)40-34-28-22-19-23-29-35-41-68-54-89-68/h10-11,25-26,31-32,42-49,59-61,64-65,68-70,78-80H,3-4,8-9,12-24,27-30,33-41,50-58H2,1-2,5-7H3/b31-25+,32-26+. The molecule has 1 heterocycles. The van der Waals surface area contributed by atoms with Crippen LogP contribution in [0.4, 0.5) is 0 Å². The topological polar surface area (TPSA) is 249 Å². The summed E-state index contributed by atoms with van der Waals surface area (Å²) in [6.45, 7) is 16.6. The molecular formula is C77H118O18. The zero-order valence-electron chi connectivity index (χ0n) is 58.2. The van der Waals surface area contributed by atoms with E-state index >= 15 is 0 Å². The first-order chi connectivity index (χ1) is 45.9. The number of allylic oxidation sites excluding steroid dienone is 4. The molecule has 1 fully saturated rings. The smallest absolute Gasteiger partial charge is 0.330 e. The van der Waals surface area contributed by atoms with Crippen LogP contribution in [0.5, 0.6) is 11.5 Å². The summed E-state index contributed by atoms with van der Waals surface area (Å²) in [5, 5.41) is 30.8. The molecule has 3 rings (SSSR count). The Morgan fingerprint density at radius 1 is 0.505 bits per heavy atom. The molecule has 3 N–H and O–H groups in total. The van der Waals surface area contributed by atoms with Gasteiger partial charge < -0.3 is 58.0 Å². The number of esters is 6. The van der Waals surface area contributed by atoms with Crippen molar-refractivity contribution in [2.45, 2.75) is 269 Å². The second-order valence-corrected chi connectivity index (χ2v) is 25.9. The van der Waals surface area contributed by atoms with Gasteiger partial charge in [-0.2, -0.15) is 0 Å². The molecule has 1 aliphatic rings. The lowest BCUT2D eigenvalue weighted by Crippen LogP contribution is -2.32. The van der Waals surface area contributed by atoms with Gasteiger partial charge in [0, 0.05) is 17.6 Å². The Bertz CT molecular complexity index is 2340. The Hall–Kier alpha value is -6.34. The number of hydrogen-bond donors (Lipinski definition) is 3. The first-order valence-corrected chi connectivity index (χ1v) is 35.6. The van der Waals surface area contributed by atoms with E-state index in [0.717, 1.165) is 165 Å². The molecule has 2 aromatic rings. The number of unbranched alkanes of at least 4 members (excludes halogenated alkanes) is 18. The highest BCUT2D eigenvalue weighted by Crippen LogP contribution is 2.34. The Morgan fingerprint density at radius 3 is 1.25 bits per heavy atom. The van der Waals surface area contributed by atoms with Crippen molar-refractivity contribution in [1.29, 1.82) is 0 Å². The lowest BCUT2D eigenvalue weighted by atomic mass is 9.78. The SMILES string of the molecule is C=CC(=O)OCC(COc1ccc(C(C)(C)c2ccc(OCC(COC(=O)C=C)OC(=O)CC(C/C=C/CCCCC)C(=O)OCC(O)CCCCCCCCCC3CO3)cc2)cc1)OC(=O)CC(C/C=C/CCCCC)C(=O)OCC(O)CCCCCCCCCC(C)O. The molecule has 8 atom stereocenters. The molecule has 0 amide bonds. The molecule has 18 nitrogen and oxygen atoms in total. The monoisotopic (exact) mass is 1330 g/mol. The maximum atomic E-state index is 13.6. The Kier molecular flexibility index (Phi) is 44.5. The third-order valence-electron chi connectivity index (χ3n) is 16.9. The molecule has 18 heteroatoms. The van der Waals surface area contributed by atoms with Crippen molar-refractivity contribution in [2.75, 3.05) is 46.2 Å². The van der Waals surface area contributed by atoms with Crippen LogP contribution in [-0.2, 0) is 67.3 Å². The van der Waals surface area contributed by atoms with Crippen molar-refractivity contribution in [1.82, 2.24) is 0 Å². The summed E-state index contributed by atoms with van der Waals surface area (Å²) in [6.07, 6.45) is 31.7. The molecule has 0 bridgehead atoms. The van der Waals surface area contributed by atoms with Crippen LogP contribution in [0, 0.1) is 11.8 Å². The summed E-state index contributed by atoms with van der Waals surface area (Å²) in [7, 11) is 0. The maximum Gasteiger partial charge on any atom is 0.330 e. The summed E-state index contributed by atoms with van der Waals surface area (Å²) < 4.78 is 50.8. The number of rotatable bonds is 58. The third kappa shape index (κ3) is 40.1. The molecule has 8 unspecified atom stereocenters. The fourth-order valence-electron chi connectivity index (χ4n) is 10.7. The van der Waals surface area contributed by atoms with E-state index in [2.05, 4.69) is 40.9 Å². The van der Waals surface area contributed by atoms with Crippen LogP contribution in [0.25, 0.3) is 0 Å². The minimum atomic E-state index is -1.05. The van der Waals surface area contributed by atoms with Crippen LogP contribution in [0.1, 0.15) is 238 Å². The van der Waals surface area contributed by atoms with Crippen molar-refractivity contribution in [3.63, 3.8) is 0 Å². The highest BCUT2D eigenvalue weighted by Gasteiger charge is 2.30. The van der Waals surface area contributed by atoms with Gasteiger partial charge in [-0.25, -0.2) is 9.59 Å². The van der Waals surface area contributed by atoms with E-state index in [0.29, 0.717) is 30.4 Å². The van der Waals surface area contributed by atoms with E-state index in [9.17, 15) is 44.1 Å². The summed E-state index contributed by atoms with van der Waals surface area (Å²) in [5.41, 5.74) is 1.33. The van der Waals surface area contributed by atoms with Gasteiger partial charge in [0.1, 0.15) is 51.1 Å². The normalized spacial score (nSPS) is 15.2. The highest BCUT2D eigenvalue weighted by molar-refractivity contribution is 5.82. The minimum absolute atomic E-state index is 0.172. The van der Waals surface area contributed by atoms with Crippen molar-refractivity contribution < 1.29 is 86.7 Å². The molecular weight excluding hydrogens is 1210 g/mol. The average molecular weight is 1330 g/mol. The van der Waals surface area contributed by atoms with Crippen LogP contribution in [0.3, 0.4) is 0 Å². The van der Waals surface area contributed by atoms with Crippen LogP contribution in [0.15, 0.2) is 98.1 Å². The van der Waals surface area contributed by atoms with E-state index in [-0.39, 0.29) is 71.4 Å². The molecule has 0 aromatic heterocycles. The van der Waals surface area contributed by atoms with Crippen molar-refractivity contribution in [2.24, 2.45) is 11.8 Å². The number of ether oxygens (including phenoxy) is 9. The lowest BCUT2D eigenvalue weighted by Gasteiger charge is -2.27. The fourth-order valence-corrected chi connectivity index (χ4v) is 10.7. The number of carbonyl (C=O) groups is 6. The zero-order chi connectivity index (χ0) is 69.3. The Labute approximate surface area is 568 Å². The van der Waals surface area contributed by atoms with Gasteiger partial charge in [-0.05, 0) is 107 Å². The quantitative estimate of drug-likeness (QED) is 0.0139. The van der Waals surface area contributed by atoms with Gasteiger partial charge >= 0.3 is 35.8 Å². The molecule has 2 aromatic carbocycles. The first-order valence-electron chi connectivity index (χ1n) is 35.6.